The Morgan fingerprint density at radius 2 is 1.90 bits per heavy atom. The van der Waals surface area contributed by atoms with Crippen molar-refractivity contribution in [2.45, 2.75) is 16.7 Å². The molecule has 2 aliphatic rings. The van der Waals surface area contributed by atoms with E-state index < -0.39 is 17.1 Å². The normalized spacial score (nSPS) is 17.1. The molecule has 0 spiro atoms. The molecule has 0 fully saturated rings. The van der Waals surface area contributed by atoms with Crippen LogP contribution in [0.5, 0.6) is 5.75 Å². The molecule has 1 aromatic heterocycles. The van der Waals surface area contributed by atoms with Crippen molar-refractivity contribution in [3.05, 3.63) is 92.9 Å². The van der Waals surface area contributed by atoms with E-state index in [0.29, 0.717) is 11.3 Å². The van der Waals surface area contributed by atoms with Gasteiger partial charge >= 0.3 is 0 Å². The maximum absolute atomic E-state index is 12.4. The summed E-state index contributed by atoms with van der Waals surface area (Å²) in [6, 6.07) is 16.8. The van der Waals surface area contributed by atoms with E-state index >= 15 is 0 Å². The molecule has 1 amide bonds. The van der Waals surface area contributed by atoms with Gasteiger partial charge in [0.2, 0.25) is 5.43 Å². The first-order valence-electron chi connectivity index (χ1n) is 9.33. The molecule has 1 atom stereocenters. The third-order valence-electron chi connectivity index (χ3n) is 5.46. The van der Waals surface area contributed by atoms with Crippen LogP contribution in [0.2, 0.25) is 0 Å². The fraction of sp³-hybridized carbons (Fsp3) is 0.136. The Kier molecular flexibility index (Phi) is 4.26. The van der Waals surface area contributed by atoms with Crippen LogP contribution < -0.4 is 15.8 Å². The molecule has 7 nitrogen and oxygen atoms in total. The van der Waals surface area contributed by atoms with Crippen molar-refractivity contribution in [1.82, 2.24) is 9.99 Å². The average Bonchev–Trinajstić information content (AvgIpc) is 2.93. The van der Waals surface area contributed by atoms with Crippen LogP contribution in [0, 0.1) is 11.3 Å². The van der Waals surface area contributed by atoms with Crippen LogP contribution in [0.4, 0.5) is 0 Å². The van der Waals surface area contributed by atoms with Crippen molar-refractivity contribution >= 4 is 17.7 Å². The van der Waals surface area contributed by atoms with E-state index in [1.54, 1.807) is 17.8 Å². The average molecular weight is 416 g/mol. The van der Waals surface area contributed by atoms with Crippen molar-refractivity contribution in [2.75, 3.05) is 11.7 Å². The Morgan fingerprint density at radius 3 is 2.73 bits per heavy atom. The van der Waals surface area contributed by atoms with E-state index in [1.807, 2.05) is 41.4 Å². The van der Waals surface area contributed by atoms with Gasteiger partial charge in [-0.15, -0.1) is 11.8 Å². The highest BCUT2D eigenvalue weighted by molar-refractivity contribution is 7.98. The van der Waals surface area contributed by atoms with Gasteiger partial charge in [-0.3, -0.25) is 19.3 Å². The number of nitriles is 1. The molecule has 0 unspecified atom stereocenters. The molecule has 2 aromatic carbocycles. The number of fused-ring (bicyclic) bond motifs is 3. The standard InChI is InChI=1S/C22H16N4O3S/c23-10-13-4-3-6-14-16(13)11-30-18-7-2-1-5-15(18)19(14)26-12-24-22(29)20-21(28)17(27)8-9-25(20)26/h1-9,19,28H,11-12H2,(H,24,29)/t19-/m0/s1. The predicted molar refractivity (Wildman–Crippen MR) is 112 cm³/mol. The maximum Gasteiger partial charge on any atom is 0.275 e. The number of amides is 1. The van der Waals surface area contributed by atoms with Crippen LogP contribution in [0.25, 0.3) is 0 Å². The second-order valence-corrected chi connectivity index (χ2v) is 8.06. The molecular formula is C22H16N4O3S. The first-order chi connectivity index (χ1) is 14.6. The zero-order chi connectivity index (χ0) is 20.8. The summed E-state index contributed by atoms with van der Waals surface area (Å²) in [6.45, 7) is 0.175. The third-order valence-corrected chi connectivity index (χ3v) is 6.57. The number of nitrogens with zero attached hydrogens (tertiary/aromatic N) is 3. The Balaban J connectivity index is 1.79. The van der Waals surface area contributed by atoms with Crippen molar-refractivity contribution in [3.63, 3.8) is 0 Å². The van der Waals surface area contributed by atoms with Gasteiger partial charge in [-0.2, -0.15) is 5.26 Å². The van der Waals surface area contributed by atoms with Gasteiger partial charge in [-0.1, -0.05) is 30.3 Å². The number of benzene rings is 2. The summed E-state index contributed by atoms with van der Waals surface area (Å²) in [4.78, 5) is 25.5. The van der Waals surface area contributed by atoms with Crippen molar-refractivity contribution < 1.29 is 9.90 Å². The van der Waals surface area contributed by atoms with Gasteiger partial charge in [-0.05, 0) is 28.8 Å². The highest BCUT2D eigenvalue weighted by Gasteiger charge is 2.35. The van der Waals surface area contributed by atoms with Gasteiger partial charge in [0.15, 0.2) is 11.4 Å². The number of aromatic hydroxyl groups is 1. The number of nitrogens with one attached hydrogen (secondary N) is 1. The number of carbonyl (C=O) groups is 1. The minimum Gasteiger partial charge on any atom is -0.502 e. The van der Waals surface area contributed by atoms with Crippen molar-refractivity contribution in [2.24, 2.45) is 0 Å². The van der Waals surface area contributed by atoms with E-state index in [4.69, 9.17) is 0 Å². The summed E-state index contributed by atoms with van der Waals surface area (Å²) in [5.41, 5.74) is 2.82. The summed E-state index contributed by atoms with van der Waals surface area (Å²) in [6.07, 6.45) is 1.50. The third kappa shape index (κ3) is 2.67. The molecular weight excluding hydrogens is 400 g/mol. The minimum atomic E-state index is -0.609. The van der Waals surface area contributed by atoms with Gasteiger partial charge in [0, 0.05) is 22.9 Å². The molecule has 0 bridgehead atoms. The minimum absolute atomic E-state index is 0.0962. The summed E-state index contributed by atoms with van der Waals surface area (Å²) in [5, 5.41) is 24.6. The second-order valence-electron chi connectivity index (χ2n) is 7.04. The number of rotatable bonds is 1. The molecule has 5 rings (SSSR count). The van der Waals surface area contributed by atoms with Crippen LogP contribution in [0.15, 0.2) is 64.4 Å². The zero-order valence-electron chi connectivity index (χ0n) is 15.7. The monoisotopic (exact) mass is 416 g/mol. The number of aromatic nitrogens is 1. The molecule has 3 aromatic rings. The molecule has 0 radical (unpaired) electrons. The van der Waals surface area contributed by atoms with E-state index in [-0.39, 0.29) is 18.4 Å². The Morgan fingerprint density at radius 1 is 1.10 bits per heavy atom. The van der Waals surface area contributed by atoms with Crippen LogP contribution >= 0.6 is 11.8 Å². The molecule has 0 saturated heterocycles. The first kappa shape index (κ1) is 18.3. The fourth-order valence-corrected chi connectivity index (χ4v) is 5.22. The quantitative estimate of drug-likeness (QED) is 0.632. The predicted octanol–water partition coefficient (Wildman–Crippen LogP) is 2.46. The molecule has 0 saturated carbocycles. The number of hydrogen-bond acceptors (Lipinski definition) is 6. The van der Waals surface area contributed by atoms with Gasteiger partial charge in [0.25, 0.3) is 5.91 Å². The fourth-order valence-electron chi connectivity index (χ4n) is 4.07. The number of pyridine rings is 1. The van der Waals surface area contributed by atoms with Crippen molar-refractivity contribution in [3.8, 4) is 11.8 Å². The van der Waals surface area contributed by atoms with Crippen LogP contribution in [0.1, 0.15) is 38.8 Å². The largest absolute Gasteiger partial charge is 0.502 e. The molecule has 8 heteroatoms. The number of carbonyl (C=O) groups excluding carboxylic acids is 1. The van der Waals surface area contributed by atoms with E-state index in [9.17, 15) is 20.0 Å². The number of hydrogen-bond donors (Lipinski definition) is 2. The van der Waals surface area contributed by atoms with Gasteiger partial charge in [0.05, 0.1) is 17.7 Å². The number of thioether (sulfide) groups is 1. The topological polar surface area (TPSA) is 98.4 Å². The Hall–Kier alpha value is -3.70. The van der Waals surface area contributed by atoms with Gasteiger partial charge in [-0.25, -0.2) is 0 Å². The maximum atomic E-state index is 12.4. The lowest BCUT2D eigenvalue weighted by Crippen LogP contribution is -2.53. The van der Waals surface area contributed by atoms with Crippen molar-refractivity contribution in [1.29, 1.82) is 5.26 Å². The SMILES string of the molecule is N#Cc1cccc2c1CSc1ccccc1[C@H]2N1CNC(=O)c2c(O)c(=O)ccn21. The van der Waals surface area contributed by atoms with Crippen LogP contribution in [0.3, 0.4) is 0 Å². The van der Waals surface area contributed by atoms with Gasteiger partial charge in [0.1, 0.15) is 6.67 Å². The Bertz CT molecular complexity index is 1290. The highest BCUT2D eigenvalue weighted by atomic mass is 32.2. The molecule has 0 aliphatic carbocycles. The molecule has 2 N–H and O–H groups in total. The molecule has 2 aliphatic heterocycles. The summed E-state index contributed by atoms with van der Waals surface area (Å²) in [5.74, 6) is -0.444. The molecule has 30 heavy (non-hydrogen) atoms. The first-order valence-corrected chi connectivity index (χ1v) is 10.3. The van der Waals surface area contributed by atoms with E-state index in [2.05, 4.69) is 11.4 Å². The molecule has 3 heterocycles. The van der Waals surface area contributed by atoms with Gasteiger partial charge < -0.3 is 10.4 Å². The second kappa shape index (κ2) is 6.97. The summed E-state index contributed by atoms with van der Waals surface area (Å²) >= 11 is 1.66. The zero-order valence-corrected chi connectivity index (χ0v) is 16.5. The van der Waals surface area contributed by atoms with Crippen LogP contribution in [-0.4, -0.2) is 22.4 Å². The lowest BCUT2D eigenvalue weighted by Gasteiger charge is -2.40. The summed E-state index contributed by atoms with van der Waals surface area (Å²) in [7, 11) is 0. The Labute approximate surface area is 176 Å². The summed E-state index contributed by atoms with van der Waals surface area (Å²) < 4.78 is 1.54. The van der Waals surface area contributed by atoms with E-state index in [1.165, 1.54) is 16.9 Å². The van der Waals surface area contributed by atoms with Crippen LogP contribution in [-0.2, 0) is 5.75 Å². The highest BCUT2D eigenvalue weighted by Crippen LogP contribution is 2.43. The smallest absolute Gasteiger partial charge is 0.275 e. The van der Waals surface area contributed by atoms with E-state index in [0.717, 1.165) is 21.6 Å². The lowest BCUT2D eigenvalue weighted by atomic mass is 9.92. The molecule has 148 valence electrons. The lowest BCUT2D eigenvalue weighted by molar-refractivity contribution is 0.0915.